The molecule has 0 radical (unpaired) electrons. The van der Waals surface area contributed by atoms with E-state index < -0.39 is 26.3 Å². The zero-order chi connectivity index (χ0) is 14.4. The van der Waals surface area contributed by atoms with Gasteiger partial charge in [0, 0.05) is 13.6 Å². The van der Waals surface area contributed by atoms with Crippen molar-refractivity contribution < 1.29 is 30.1 Å². The van der Waals surface area contributed by atoms with Crippen LogP contribution in [0.15, 0.2) is 12.7 Å². The van der Waals surface area contributed by atoms with E-state index in [0.717, 1.165) is 13.1 Å². The van der Waals surface area contributed by atoms with Crippen LogP contribution in [-0.2, 0) is 33.7 Å². The molecule has 106 valence electrons. The van der Waals surface area contributed by atoms with E-state index in [0.29, 0.717) is 6.26 Å². The molecule has 0 fully saturated rings. The van der Waals surface area contributed by atoms with E-state index in [1.54, 1.807) is 0 Å². The fourth-order valence-corrected chi connectivity index (χ4v) is 2.15. The monoisotopic (exact) mass is 302 g/mol. The molecular formula is C7H14N2O7S2. The Hall–Kier alpha value is -1.01. The Morgan fingerprint density at radius 1 is 1.39 bits per heavy atom. The van der Waals surface area contributed by atoms with Gasteiger partial charge in [-0.15, -0.1) is 0 Å². The van der Waals surface area contributed by atoms with Crippen LogP contribution < -0.4 is 5.32 Å². The van der Waals surface area contributed by atoms with Crippen LogP contribution in [0.3, 0.4) is 0 Å². The first kappa shape index (κ1) is 17.0. The lowest BCUT2D eigenvalue weighted by Gasteiger charge is -2.14. The molecule has 1 N–H and O–H groups in total. The number of carbonyl (C=O) groups excluding carboxylic acids is 1. The smallest absolute Gasteiger partial charge is 0.350 e. The van der Waals surface area contributed by atoms with Crippen LogP contribution >= 0.6 is 0 Å². The maximum absolute atomic E-state index is 11.3. The van der Waals surface area contributed by atoms with Gasteiger partial charge in [-0.05, 0) is 10.5 Å². The summed E-state index contributed by atoms with van der Waals surface area (Å²) in [7, 11) is -7.45. The van der Waals surface area contributed by atoms with Crippen LogP contribution in [0.2, 0.25) is 0 Å². The molecule has 0 saturated carbocycles. The van der Waals surface area contributed by atoms with Crippen molar-refractivity contribution in [3.63, 3.8) is 0 Å². The molecule has 0 aliphatic heterocycles. The van der Waals surface area contributed by atoms with Crippen molar-refractivity contribution in [2.24, 2.45) is 0 Å². The largest absolute Gasteiger partial charge is 0.361 e. The molecule has 9 nitrogen and oxygen atoms in total. The van der Waals surface area contributed by atoms with Crippen LogP contribution in [0.4, 0.5) is 0 Å². The molecule has 18 heavy (non-hydrogen) atoms. The minimum Gasteiger partial charge on any atom is -0.350 e. The Kier molecular flexibility index (Phi) is 6.42. The summed E-state index contributed by atoms with van der Waals surface area (Å²) >= 11 is 0. The Morgan fingerprint density at radius 3 is 2.39 bits per heavy atom. The highest BCUT2D eigenvalue weighted by atomic mass is 32.2. The molecule has 0 unspecified atom stereocenters. The molecule has 0 rings (SSSR count). The molecule has 0 heterocycles. The first-order valence-corrected chi connectivity index (χ1v) is 7.70. The average molecular weight is 302 g/mol. The standard InChI is InChI=1S/C7H14N2O7S2/c1-4-7(10)8-5-6-15-18(13,14)9(2)16-17(3,11)12/h4H,1,5-6H2,2-3H3,(H,8,10). The Balaban J connectivity index is 4.24. The number of nitrogens with one attached hydrogen (secondary N) is 1. The normalized spacial score (nSPS) is 12.4. The minimum atomic E-state index is -4.34. The zero-order valence-corrected chi connectivity index (χ0v) is 11.5. The van der Waals surface area contributed by atoms with Crippen molar-refractivity contribution in [3.8, 4) is 0 Å². The van der Waals surface area contributed by atoms with E-state index in [4.69, 9.17) is 0 Å². The van der Waals surface area contributed by atoms with E-state index in [9.17, 15) is 21.6 Å². The first-order chi connectivity index (χ1) is 8.08. The van der Waals surface area contributed by atoms with Crippen molar-refractivity contribution in [3.05, 3.63) is 12.7 Å². The molecule has 0 aliphatic rings. The molecule has 0 aliphatic carbocycles. The lowest BCUT2D eigenvalue weighted by Crippen LogP contribution is -2.33. The molecule has 0 aromatic heterocycles. The number of carbonyl (C=O) groups is 1. The van der Waals surface area contributed by atoms with Crippen molar-refractivity contribution in [2.45, 2.75) is 0 Å². The van der Waals surface area contributed by atoms with Crippen LogP contribution in [0.5, 0.6) is 0 Å². The summed E-state index contributed by atoms with van der Waals surface area (Å²) in [6.45, 7) is 2.73. The Bertz CT molecular complexity index is 496. The number of hydroxylamine groups is 1. The Morgan fingerprint density at radius 2 is 1.94 bits per heavy atom. The van der Waals surface area contributed by atoms with E-state index in [2.05, 4.69) is 20.4 Å². The second-order valence-electron chi connectivity index (χ2n) is 2.96. The number of hydrogen-bond donors (Lipinski definition) is 1. The van der Waals surface area contributed by atoms with Crippen LogP contribution in [0.25, 0.3) is 0 Å². The van der Waals surface area contributed by atoms with Crippen molar-refractivity contribution in [1.29, 1.82) is 0 Å². The van der Waals surface area contributed by atoms with E-state index in [-0.39, 0.29) is 17.6 Å². The summed E-state index contributed by atoms with van der Waals surface area (Å²) in [5, 5.41) is 2.27. The fraction of sp³-hybridized carbons (Fsp3) is 0.571. The maximum Gasteiger partial charge on any atom is 0.361 e. The van der Waals surface area contributed by atoms with Crippen LogP contribution in [0.1, 0.15) is 0 Å². The van der Waals surface area contributed by atoms with E-state index in [1.165, 1.54) is 0 Å². The number of nitrogens with zero attached hydrogens (tertiary/aromatic N) is 1. The molecule has 0 aromatic rings. The van der Waals surface area contributed by atoms with Crippen molar-refractivity contribution >= 4 is 26.3 Å². The second kappa shape index (κ2) is 6.80. The predicted octanol–water partition coefficient (Wildman–Crippen LogP) is -1.63. The summed E-state index contributed by atoms with van der Waals surface area (Å²) in [5.74, 6) is -0.489. The molecule has 11 heteroatoms. The molecule has 0 aromatic carbocycles. The van der Waals surface area contributed by atoms with Gasteiger partial charge in [0.2, 0.25) is 5.91 Å². The first-order valence-electron chi connectivity index (χ1n) is 4.51. The zero-order valence-electron chi connectivity index (χ0n) is 9.82. The summed E-state index contributed by atoms with van der Waals surface area (Å²) in [5.41, 5.74) is 0. The maximum atomic E-state index is 11.3. The Labute approximate surface area is 106 Å². The van der Waals surface area contributed by atoms with Gasteiger partial charge in [0.1, 0.15) is 0 Å². The van der Waals surface area contributed by atoms with Gasteiger partial charge in [-0.25, -0.2) is 0 Å². The number of rotatable bonds is 8. The van der Waals surface area contributed by atoms with Gasteiger partial charge in [-0.1, -0.05) is 6.58 Å². The topological polar surface area (TPSA) is 119 Å². The summed E-state index contributed by atoms with van der Waals surface area (Å²) in [4.78, 5) is 10.7. The number of amides is 1. The van der Waals surface area contributed by atoms with Crippen LogP contribution in [0, 0.1) is 0 Å². The third-order valence-corrected chi connectivity index (χ3v) is 3.13. The van der Waals surface area contributed by atoms with Gasteiger partial charge >= 0.3 is 10.3 Å². The van der Waals surface area contributed by atoms with Crippen LogP contribution in [-0.4, -0.2) is 53.7 Å². The third-order valence-electron chi connectivity index (χ3n) is 1.37. The predicted molar refractivity (Wildman–Crippen MR) is 61.8 cm³/mol. The van der Waals surface area contributed by atoms with E-state index in [1.807, 2.05) is 0 Å². The van der Waals surface area contributed by atoms with Gasteiger partial charge in [-0.3, -0.25) is 8.98 Å². The van der Waals surface area contributed by atoms with Crippen molar-refractivity contribution in [1.82, 2.24) is 9.79 Å². The van der Waals surface area contributed by atoms with Gasteiger partial charge in [0.05, 0.1) is 12.9 Å². The lowest BCUT2D eigenvalue weighted by molar-refractivity contribution is -0.116. The van der Waals surface area contributed by atoms with Gasteiger partial charge in [0.15, 0.2) is 0 Å². The summed E-state index contributed by atoms with van der Waals surface area (Å²) in [6.07, 6.45) is 1.69. The summed E-state index contributed by atoms with van der Waals surface area (Å²) < 4.78 is 52.5. The highest BCUT2D eigenvalue weighted by Crippen LogP contribution is 2.03. The average Bonchev–Trinajstić information content (AvgIpc) is 2.21. The molecular weight excluding hydrogens is 288 g/mol. The molecule has 0 spiro atoms. The second-order valence-corrected chi connectivity index (χ2v) is 6.13. The molecule has 0 saturated heterocycles. The molecule has 1 amide bonds. The number of hydrogen-bond acceptors (Lipinski definition) is 7. The van der Waals surface area contributed by atoms with Crippen molar-refractivity contribution in [2.75, 3.05) is 26.5 Å². The highest BCUT2D eigenvalue weighted by molar-refractivity contribution is 7.87. The van der Waals surface area contributed by atoms with E-state index >= 15 is 0 Å². The third kappa shape index (κ3) is 7.34. The van der Waals surface area contributed by atoms with Gasteiger partial charge in [0.25, 0.3) is 10.1 Å². The fourth-order valence-electron chi connectivity index (χ4n) is 0.696. The van der Waals surface area contributed by atoms with Gasteiger partial charge < -0.3 is 5.32 Å². The molecule has 0 bridgehead atoms. The summed E-state index contributed by atoms with van der Waals surface area (Å²) in [6, 6.07) is 0. The molecule has 0 atom stereocenters. The highest BCUT2D eigenvalue weighted by Gasteiger charge is 2.23. The SMILES string of the molecule is C=CC(=O)NCCOS(=O)(=O)N(C)OS(C)(=O)=O. The van der Waals surface area contributed by atoms with Gasteiger partial charge in [-0.2, -0.15) is 21.1 Å². The quantitative estimate of drug-likeness (QED) is 0.325. The minimum absolute atomic E-state index is 0.0671. The lowest BCUT2D eigenvalue weighted by atomic mass is 10.5.